The predicted octanol–water partition coefficient (Wildman–Crippen LogP) is 0.477. The molecule has 134 valence electrons. The number of primary sulfonamides is 2. The normalized spacial score (nSPS) is 14.8. The summed E-state index contributed by atoms with van der Waals surface area (Å²) in [5.74, 6) is 0.261. The van der Waals surface area contributed by atoms with Crippen LogP contribution in [0.4, 0.5) is 5.69 Å². The molecule has 1 aliphatic rings. The van der Waals surface area contributed by atoms with E-state index in [1.807, 2.05) is 11.9 Å². The summed E-state index contributed by atoms with van der Waals surface area (Å²) in [5, 5.41) is 10.6. The van der Waals surface area contributed by atoms with Crippen LogP contribution in [0.1, 0.15) is 0 Å². The van der Waals surface area contributed by atoms with Crippen LogP contribution in [0.3, 0.4) is 0 Å². The average Bonchev–Trinajstić information content (AvgIpc) is 2.52. The van der Waals surface area contributed by atoms with Crippen LogP contribution >= 0.6 is 0 Å². The maximum atomic E-state index is 12.1. The molecule has 25 heavy (non-hydrogen) atoms. The Morgan fingerprint density at radius 2 is 1.60 bits per heavy atom. The van der Waals surface area contributed by atoms with Gasteiger partial charge in [0.05, 0.1) is 22.0 Å². The van der Waals surface area contributed by atoms with Crippen LogP contribution in [0.25, 0.3) is 11.1 Å². The molecule has 0 atom stereocenters. The highest BCUT2D eigenvalue weighted by Gasteiger charge is 2.29. The molecule has 0 spiro atoms. The molecule has 2 aromatic carbocycles. The minimum atomic E-state index is -4.13. The fourth-order valence-electron chi connectivity index (χ4n) is 2.82. The molecule has 0 saturated carbocycles. The number of hydrogen-bond acceptors (Lipinski definition) is 6. The van der Waals surface area contributed by atoms with E-state index in [2.05, 4.69) is 0 Å². The van der Waals surface area contributed by atoms with Crippen molar-refractivity contribution in [3.05, 3.63) is 36.4 Å². The average molecular weight is 383 g/mol. The van der Waals surface area contributed by atoms with Gasteiger partial charge >= 0.3 is 0 Å². The molecule has 8 nitrogen and oxygen atoms in total. The van der Waals surface area contributed by atoms with Gasteiger partial charge < -0.3 is 9.64 Å². The summed E-state index contributed by atoms with van der Waals surface area (Å²) >= 11 is 0. The third kappa shape index (κ3) is 3.21. The standard InChI is InChI=1S/C15H17N3O5S2/c1-18-8-9-23-15-11(18)6-7-13(25(17,21)22)14(15)10-4-2-3-5-12(10)24(16,19)20/h2-7H,8-9H2,1H3,(H2,16,19,20)(H2,17,21,22). The van der Waals surface area contributed by atoms with E-state index < -0.39 is 20.0 Å². The Morgan fingerprint density at radius 3 is 2.24 bits per heavy atom. The van der Waals surface area contributed by atoms with Crippen molar-refractivity contribution in [2.24, 2.45) is 10.3 Å². The summed E-state index contributed by atoms with van der Waals surface area (Å²) in [5.41, 5.74) is 0.857. The summed E-state index contributed by atoms with van der Waals surface area (Å²) in [6.45, 7) is 0.931. The molecule has 4 N–H and O–H groups in total. The smallest absolute Gasteiger partial charge is 0.238 e. The Hall–Kier alpha value is -2.14. The topological polar surface area (TPSA) is 133 Å². The van der Waals surface area contributed by atoms with Gasteiger partial charge in [0.1, 0.15) is 6.61 Å². The largest absolute Gasteiger partial charge is 0.489 e. The Morgan fingerprint density at radius 1 is 0.960 bits per heavy atom. The van der Waals surface area contributed by atoms with Gasteiger partial charge in [0.25, 0.3) is 0 Å². The van der Waals surface area contributed by atoms with Crippen LogP contribution < -0.4 is 19.9 Å². The van der Waals surface area contributed by atoms with Gasteiger partial charge in [-0.05, 0) is 18.2 Å². The van der Waals surface area contributed by atoms with Crippen molar-refractivity contribution in [3.8, 4) is 16.9 Å². The summed E-state index contributed by atoms with van der Waals surface area (Å²) in [4.78, 5) is 1.46. The molecule has 1 aliphatic heterocycles. The van der Waals surface area contributed by atoms with E-state index in [9.17, 15) is 16.8 Å². The zero-order valence-corrected chi connectivity index (χ0v) is 15.0. The van der Waals surface area contributed by atoms with Crippen molar-refractivity contribution in [1.29, 1.82) is 0 Å². The molecule has 0 radical (unpaired) electrons. The van der Waals surface area contributed by atoms with Gasteiger partial charge in [0.15, 0.2) is 5.75 Å². The maximum Gasteiger partial charge on any atom is 0.238 e. The first-order chi connectivity index (χ1) is 11.6. The Kier molecular flexibility index (Phi) is 4.23. The summed E-state index contributed by atoms with van der Waals surface area (Å²) in [6.07, 6.45) is 0. The second kappa shape index (κ2) is 5.99. The SMILES string of the molecule is CN1CCOc2c1ccc(S(N)(=O)=O)c2-c1ccccc1S(N)(=O)=O. The number of likely N-dealkylation sites (N-methyl/N-ethyl adjacent to an activating group) is 1. The third-order valence-electron chi connectivity index (χ3n) is 3.95. The Labute approximate surface area is 146 Å². The molecular weight excluding hydrogens is 366 g/mol. The van der Waals surface area contributed by atoms with Gasteiger partial charge in [-0.15, -0.1) is 0 Å². The number of anilines is 1. The highest BCUT2D eigenvalue weighted by atomic mass is 32.2. The molecule has 0 fully saturated rings. The maximum absolute atomic E-state index is 12.1. The van der Waals surface area contributed by atoms with Crippen LogP contribution in [-0.2, 0) is 20.0 Å². The fourth-order valence-corrected chi connectivity index (χ4v) is 4.31. The first-order valence-corrected chi connectivity index (χ1v) is 10.4. The number of rotatable bonds is 3. The van der Waals surface area contributed by atoms with Crippen LogP contribution in [0.15, 0.2) is 46.2 Å². The van der Waals surface area contributed by atoms with E-state index in [0.29, 0.717) is 18.8 Å². The molecule has 2 aromatic rings. The van der Waals surface area contributed by atoms with Crippen LogP contribution in [0, 0.1) is 0 Å². The summed E-state index contributed by atoms with van der Waals surface area (Å²) in [7, 11) is -6.39. The van der Waals surface area contributed by atoms with E-state index >= 15 is 0 Å². The second-order valence-corrected chi connectivity index (χ2v) is 8.70. The van der Waals surface area contributed by atoms with E-state index in [1.54, 1.807) is 12.1 Å². The highest BCUT2D eigenvalue weighted by molar-refractivity contribution is 7.89. The lowest BCUT2D eigenvalue weighted by atomic mass is 10.0. The lowest BCUT2D eigenvalue weighted by Crippen LogP contribution is -2.29. The van der Waals surface area contributed by atoms with Crippen LogP contribution in [0.5, 0.6) is 5.75 Å². The van der Waals surface area contributed by atoms with Crippen molar-refractivity contribution in [2.75, 3.05) is 25.1 Å². The molecule has 0 amide bonds. The molecular formula is C15H17N3O5S2. The first-order valence-electron chi connectivity index (χ1n) is 7.26. The van der Waals surface area contributed by atoms with E-state index in [1.165, 1.54) is 24.3 Å². The highest BCUT2D eigenvalue weighted by Crippen LogP contribution is 2.45. The molecule has 3 rings (SSSR count). The number of hydrogen-bond donors (Lipinski definition) is 2. The third-order valence-corrected chi connectivity index (χ3v) is 5.87. The molecule has 0 aromatic heterocycles. The molecule has 0 unspecified atom stereocenters. The van der Waals surface area contributed by atoms with Crippen molar-refractivity contribution < 1.29 is 21.6 Å². The Bertz CT molecular complexity index is 1050. The predicted molar refractivity (Wildman–Crippen MR) is 93.4 cm³/mol. The number of ether oxygens (including phenoxy) is 1. The monoisotopic (exact) mass is 383 g/mol. The van der Waals surface area contributed by atoms with E-state index in [-0.39, 0.29) is 26.7 Å². The lowest BCUT2D eigenvalue weighted by molar-refractivity contribution is 0.312. The molecule has 10 heteroatoms. The van der Waals surface area contributed by atoms with Gasteiger partial charge in [-0.3, -0.25) is 0 Å². The molecule has 0 saturated heterocycles. The van der Waals surface area contributed by atoms with Crippen LogP contribution in [0.2, 0.25) is 0 Å². The van der Waals surface area contributed by atoms with Crippen molar-refractivity contribution >= 4 is 25.7 Å². The minimum Gasteiger partial charge on any atom is -0.489 e. The van der Waals surface area contributed by atoms with E-state index in [0.717, 1.165) is 0 Å². The number of benzene rings is 2. The van der Waals surface area contributed by atoms with Gasteiger partial charge in [-0.25, -0.2) is 27.1 Å². The lowest BCUT2D eigenvalue weighted by Gasteiger charge is -2.30. The van der Waals surface area contributed by atoms with Gasteiger partial charge in [-0.1, -0.05) is 18.2 Å². The zero-order chi connectivity index (χ0) is 18.4. The molecule has 0 bridgehead atoms. The van der Waals surface area contributed by atoms with Crippen LogP contribution in [-0.4, -0.2) is 37.0 Å². The fraction of sp³-hybridized carbons (Fsp3) is 0.200. The second-order valence-electron chi connectivity index (χ2n) is 5.64. The number of sulfonamides is 2. The number of nitrogens with two attached hydrogens (primary N) is 2. The van der Waals surface area contributed by atoms with E-state index in [4.69, 9.17) is 15.0 Å². The van der Waals surface area contributed by atoms with Gasteiger partial charge in [-0.2, -0.15) is 0 Å². The number of nitrogens with zero attached hydrogens (tertiary/aromatic N) is 1. The van der Waals surface area contributed by atoms with Gasteiger partial charge in [0, 0.05) is 18.2 Å². The quantitative estimate of drug-likeness (QED) is 0.792. The minimum absolute atomic E-state index is 0.0937. The summed E-state index contributed by atoms with van der Waals surface area (Å²) in [6, 6.07) is 8.79. The molecule has 1 heterocycles. The zero-order valence-electron chi connectivity index (χ0n) is 13.3. The first kappa shape index (κ1) is 17.7. The Balaban J connectivity index is 2.46. The number of fused-ring (bicyclic) bond motifs is 1. The van der Waals surface area contributed by atoms with Crippen molar-refractivity contribution in [2.45, 2.75) is 9.79 Å². The van der Waals surface area contributed by atoms with Crippen molar-refractivity contribution in [1.82, 2.24) is 0 Å². The summed E-state index contributed by atoms with van der Waals surface area (Å²) < 4.78 is 53.8. The van der Waals surface area contributed by atoms with Crippen molar-refractivity contribution in [3.63, 3.8) is 0 Å². The molecule has 0 aliphatic carbocycles. The van der Waals surface area contributed by atoms with Gasteiger partial charge in [0.2, 0.25) is 20.0 Å².